The van der Waals surface area contributed by atoms with Crippen LogP contribution >= 0.6 is 0 Å². The Bertz CT molecular complexity index is 1180. The van der Waals surface area contributed by atoms with Gasteiger partial charge in [-0.05, 0) is 37.1 Å². The lowest BCUT2D eigenvalue weighted by atomic mass is 10.0. The van der Waals surface area contributed by atoms with E-state index in [2.05, 4.69) is 15.0 Å². The average molecular weight is 473 g/mol. The number of nitrogens with one attached hydrogen (secondary N) is 2. The molecular formula is C23H28N4O5S. The zero-order valence-corrected chi connectivity index (χ0v) is 19.8. The molecule has 2 N–H and O–H groups in total. The van der Waals surface area contributed by atoms with E-state index in [1.807, 2.05) is 13.8 Å². The van der Waals surface area contributed by atoms with Gasteiger partial charge in [0, 0.05) is 23.9 Å². The van der Waals surface area contributed by atoms with Gasteiger partial charge in [-0.1, -0.05) is 32.0 Å². The van der Waals surface area contributed by atoms with E-state index in [9.17, 15) is 18.0 Å². The highest BCUT2D eigenvalue weighted by Gasteiger charge is 2.34. The van der Waals surface area contributed by atoms with Crippen molar-refractivity contribution in [2.45, 2.75) is 31.7 Å². The summed E-state index contributed by atoms with van der Waals surface area (Å²) in [4.78, 5) is 31.9. The number of nitrogens with zero attached hydrogens (tertiary/aromatic N) is 2. The summed E-state index contributed by atoms with van der Waals surface area (Å²) in [5.41, 5.74) is 0.982. The maximum atomic E-state index is 13.3. The molecule has 0 spiro atoms. The van der Waals surface area contributed by atoms with Gasteiger partial charge in [-0.3, -0.25) is 19.3 Å². The lowest BCUT2D eigenvalue weighted by molar-refractivity contribution is -0.136. The number of ether oxygens (including phenoxy) is 1. The Balaban J connectivity index is 1.79. The van der Waals surface area contributed by atoms with Gasteiger partial charge in [-0.15, -0.1) is 0 Å². The minimum atomic E-state index is -3.72. The molecule has 0 radical (unpaired) electrons. The van der Waals surface area contributed by atoms with Crippen LogP contribution in [0.1, 0.15) is 26.3 Å². The van der Waals surface area contributed by atoms with Crippen LogP contribution in [-0.2, 0) is 19.6 Å². The third kappa shape index (κ3) is 5.51. The van der Waals surface area contributed by atoms with E-state index in [-0.39, 0.29) is 35.0 Å². The molecular weight excluding hydrogens is 444 g/mol. The van der Waals surface area contributed by atoms with Gasteiger partial charge < -0.3 is 15.0 Å². The Morgan fingerprint density at radius 1 is 1.15 bits per heavy atom. The Kier molecular flexibility index (Phi) is 7.37. The summed E-state index contributed by atoms with van der Waals surface area (Å²) in [7, 11) is -2.18. The second-order valence-corrected chi connectivity index (χ2v) is 9.55. The zero-order valence-electron chi connectivity index (χ0n) is 19.0. The summed E-state index contributed by atoms with van der Waals surface area (Å²) in [6.07, 6.45) is 0. The average Bonchev–Trinajstić information content (AvgIpc) is 3.05. The molecule has 1 aliphatic heterocycles. The molecule has 10 heteroatoms. The molecule has 1 aliphatic rings. The van der Waals surface area contributed by atoms with Crippen LogP contribution in [0.15, 0.2) is 58.4 Å². The number of anilines is 1. The Morgan fingerprint density at radius 2 is 1.88 bits per heavy atom. The first-order valence-corrected chi connectivity index (χ1v) is 12.1. The lowest BCUT2D eigenvalue weighted by Crippen LogP contribution is -2.45. The summed E-state index contributed by atoms with van der Waals surface area (Å²) in [5.74, 6) is -0.205. The van der Waals surface area contributed by atoms with Crippen LogP contribution in [0.25, 0.3) is 0 Å². The highest BCUT2D eigenvalue weighted by Crippen LogP contribution is 2.24. The maximum absolute atomic E-state index is 13.3. The number of methoxy groups -OCH3 is 1. The summed E-state index contributed by atoms with van der Waals surface area (Å²) in [6.45, 7) is 5.55. The molecule has 0 aliphatic carbocycles. The number of hydrogen-bond donors (Lipinski definition) is 2. The molecule has 0 unspecified atom stereocenters. The van der Waals surface area contributed by atoms with E-state index in [0.29, 0.717) is 23.5 Å². The molecule has 0 fully saturated rings. The number of sulfonamides is 1. The standard InChI is InChI=1S/C23H28N4O5S/c1-5-27(14-20(28)24-16-9-8-10-17(13-16)32-4)23(29)21(15(2)3)25-22-18-11-6-7-12-19(18)33(30,31)26-22/h6-13,15,21H,5,14H2,1-4H3,(H,24,28)(H,25,26)/t21-/m0/s1. The molecule has 0 bridgehead atoms. The maximum Gasteiger partial charge on any atom is 0.263 e. The van der Waals surface area contributed by atoms with Crippen LogP contribution in [0, 0.1) is 5.92 Å². The van der Waals surface area contributed by atoms with Gasteiger partial charge in [0.1, 0.15) is 17.6 Å². The van der Waals surface area contributed by atoms with Gasteiger partial charge >= 0.3 is 0 Å². The third-order valence-electron chi connectivity index (χ3n) is 5.20. The van der Waals surface area contributed by atoms with Gasteiger partial charge in [0.15, 0.2) is 0 Å². The Hall–Kier alpha value is -3.40. The third-order valence-corrected chi connectivity index (χ3v) is 6.59. The summed E-state index contributed by atoms with van der Waals surface area (Å²) in [6, 6.07) is 12.5. The Morgan fingerprint density at radius 3 is 2.55 bits per heavy atom. The van der Waals surface area contributed by atoms with Crippen molar-refractivity contribution in [1.29, 1.82) is 0 Å². The molecule has 0 saturated carbocycles. The first-order valence-electron chi connectivity index (χ1n) is 10.6. The van der Waals surface area contributed by atoms with Crippen molar-refractivity contribution >= 4 is 33.4 Å². The van der Waals surface area contributed by atoms with Crippen molar-refractivity contribution in [1.82, 2.24) is 9.62 Å². The van der Waals surface area contributed by atoms with Gasteiger partial charge in [0.25, 0.3) is 10.0 Å². The number of aliphatic imine (C=N–C) groups is 1. The van der Waals surface area contributed by atoms with E-state index >= 15 is 0 Å². The fraction of sp³-hybridized carbons (Fsp3) is 0.348. The van der Waals surface area contributed by atoms with Crippen molar-refractivity contribution in [2.75, 3.05) is 25.5 Å². The smallest absolute Gasteiger partial charge is 0.263 e. The highest BCUT2D eigenvalue weighted by atomic mass is 32.2. The molecule has 2 amide bonds. The fourth-order valence-electron chi connectivity index (χ4n) is 3.47. The number of likely N-dealkylation sites (N-methyl/N-ethyl adjacent to an activating group) is 1. The predicted octanol–water partition coefficient (Wildman–Crippen LogP) is 2.25. The largest absolute Gasteiger partial charge is 0.497 e. The van der Waals surface area contributed by atoms with Crippen LogP contribution in [0.5, 0.6) is 5.75 Å². The minimum Gasteiger partial charge on any atom is -0.497 e. The van der Waals surface area contributed by atoms with E-state index in [1.165, 1.54) is 18.1 Å². The van der Waals surface area contributed by atoms with Gasteiger partial charge in [-0.2, -0.15) is 0 Å². The number of rotatable bonds is 8. The van der Waals surface area contributed by atoms with Crippen molar-refractivity contribution in [3.05, 3.63) is 54.1 Å². The van der Waals surface area contributed by atoms with E-state index in [0.717, 1.165) is 0 Å². The number of hydrogen-bond acceptors (Lipinski definition) is 6. The number of amidine groups is 1. The quantitative estimate of drug-likeness (QED) is 0.611. The van der Waals surface area contributed by atoms with Crippen molar-refractivity contribution < 1.29 is 22.7 Å². The molecule has 9 nitrogen and oxygen atoms in total. The second-order valence-electron chi connectivity index (χ2n) is 7.90. The van der Waals surface area contributed by atoms with Crippen LogP contribution in [0.4, 0.5) is 5.69 Å². The molecule has 33 heavy (non-hydrogen) atoms. The van der Waals surface area contributed by atoms with Crippen LogP contribution < -0.4 is 14.8 Å². The molecule has 0 saturated heterocycles. The summed E-state index contributed by atoms with van der Waals surface area (Å²) in [5, 5.41) is 2.76. The number of amides is 2. The molecule has 3 rings (SSSR count). The van der Waals surface area contributed by atoms with E-state index < -0.39 is 16.1 Å². The number of benzene rings is 2. The zero-order chi connectivity index (χ0) is 24.2. The van der Waals surface area contributed by atoms with Gasteiger partial charge in [-0.25, -0.2) is 8.42 Å². The first kappa shape index (κ1) is 24.2. The van der Waals surface area contributed by atoms with Crippen molar-refractivity contribution in [3.63, 3.8) is 0 Å². The molecule has 176 valence electrons. The molecule has 1 heterocycles. The first-order chi connectivity index (χ1) is 15.7. The highest BCUT2D eigenvalue weighted by molar-refractivity contribution is 7.90. The SMILES string of the molecule is CCN(CC(=O)Nc1cccc(OC)c1)C(=O)[C@@H](N=C1NS(=O)(=O)c2ccccc21)C(C)C. The van der Waals surface area contributed by atoms with E-state index in [1.54, 1.807) is 49.4 Å². The van der Waals surface area contributed by atoms with Crippen molar-refractivity contribution in [3.8, 4) is 5.75 Å². The number of carbonyl (C=O) groups excluding carboxylic acids is 2. The fourth-order valence-corrected chi connectivity index (χ4v) is 4.70. The summed E-state index contributed by atoms with van der Waals surface area (Å²) < 4.78 is 32.4. The number of fused-ring (bicyclic) bond motifs is 1. The topological polar surface area (TPSA) is 117 Å². The van der Waals surface area contributed by atoms with Gasteiger partial charge in [0.2, 0.25) is 11.8 Å². The van der Waals surface area contributed by atoms with E-state index in [4.69, 9.17) is 4.74 Å². The molecule has 2 aromatic carbocycles. The number of carbonyl (C=O) groups is 2. The monoisotopic (exact) mass is 472 g/mol. The second kappa shape index (κ2) is 10.0. The van der Waals surface area contributed by atoms with Crippen LogP contribution in [-0.4, -0.2) is 57.2 Å². The minimum absolute atomic E-state index is 0.128. The van der Waals surface area contributed by atoms with Crippen LogP contribution in [0.2, 0.25) is 0 Å². The molecule has 2 aromatic rings. The molecule has 0 aromatic heterocycles. The Labute approximate surface area is 193 Å². The summed E-state index contributed by atoms with van der Waals surface area (Å²) >= 11 is 0. The lowest BCUT2D eigenvalue weighted by Gasteiger charge is -2.26. The van der Waals surface area contributed by atoms with Crippen LogP contribution in [0.3, 0.4) is 0 Å². The van der Waals surface area contributed by atoms with Gasteiger partial charge in [0.05, 0.1) is 18.6 Å². The predicted molar refractivity (Wildman–Crippen MR) is 126 cm³/mol. The normalized spacial score (nSPS) is 16.1. The molecule has 1 atom stereocenters. The van der Waals surface area contributed by atoms with Crippen molar-refractivity contribution in [2.24, 2.45) is 10.9 Å².